The van der Waals surface area contributed by atoms with Crippen molar-refractivity contribution in [1.82, 2.24) is 4.90 Å². The van der Waals surface area contributed by atoms with E-state index in [4.69, 9.17) is 14.2 Å². The maximum Gasteiger partial charge on any atom is 0.228 e. The second-order valence-electron chi connectivity index (χ2n) is 8.32. The van der Waals surface area contributed by atoms with Crippen molar-refractivity contribution >= 4 is 28.8 Å². The molecular formula is C26H26N2O5S. The van der Waals surface area contributed by atoms with E-state index in [0.717, 1.165) is 21.9 Å². The first kappa shape index (κ1) is 22.3. The molecule has 1 saturated heterocycles. The van der Waals surface area contributed by atoms with Crippen LogP contribution in [0.25, 0.3) is 0 Å². The number of methoxy groups -OCH3 is 1. The summed E-state index contributed by atoms with van der Waals surface area (Å²) in [5.74, 6) is 1.52. The van der Waals surface area contributed by atoms with Gasteiger partial charge in [0, 0.05) is 41.7 Å². The summed E-state index contributed by atoms with van der Waals surface area (Å²) in [6.07, 6.45) is 0.181. The molecule has 3 heterocycles. The number of anilines is 1. The summed E-state index contributed by atoms with van der Waals surface area (Å²) in [6.45, 7) is 2.23. The third-order valence-corrected chi connectivity index (χ3v) is 6.97. The molecule has 2 amide bonds. The number of para-hydroxylation sites is 1. The van der Waals surface area contributed by atoms with Crippen LogP contribution in [0.1, 0.15) is 16.9 Å². The van der Waals surface area contributed by atoms with E-state index < -0.39 is 5.92 Å². The van der Waals surface area contributed by atoms with E-state index in [9.17, 15) is 9.59 Å². The van der Waals surface area contributed by atoms with E-state index >= 15 is 0 Å². The minimum atomic E-state index is -0.421. The summed E-state index contributed by atoms with van der Waals surface area (Å²) < 4.78 is 16.8. The van der Waals surface area contributed by atoms with Crippen LogP contribution in [0.15, 0.2) is 60.0 Å². The van der Waals surface area contributed by atoms with Crippen molar-refractivity contribution in [2.45, 2.75) is 19.5 Å². The van der Waals surface area contributed by atoms with Crippen LogP contribution in [0.5, 0.6) is 17.2 Å². The Labute approximate surface area is 202 Å². The van der Waals surface area contributed by atoms with Gasteiger partial charge >= 0.3 is 0 Å². The van der Waals surface area contributed by atoms with Gasteiger partial charge in [-0.1, -0.05) is 24.3 Å². The molecule has 5 rings (SSSR count). The summed E-state index contributed by atoms with van der Waals surface area (Å²) in [5.41, 5.74) is 1.65. The van der Waals surface area contributed by atoms with Crippen molar-refractivity contribution in [3.05, 3.63) is 70.4 Å². The van der Waals surface area contributed by atoms with Gasteiger partial charge in [-0.15, -0.1) is 11.3 Å². The van der Waals surface area contributed by atoms with Gasteiger partial charge in [-0.2, -0.15) is 0 Å². The summed E-state index contributed by atoms with van der Waals surface area (Å²) in [5, 5.41) is 2.00. The van der Waals surface area contributed by atoms with Crippen LogP contribution in [0, 0.1) is 5.92 Å². The Morgan fingerprint density at radius 3 is 2.71 bits per heavy atom. The molecule has 2 aromatic carbocycles. The number of fused-ring (bicyclic) bond motifs is 1. The molecule has 0 bridgehead atoms. The van der Waals surface area contributed by atoms with Crippen LogP contribution in [-0.2, 0) is 22.7 Å². The minimum absolute atomic E-state index is 0.0345. The summed E-state index contributed by atoms with van der Waals surface area (Å²) in [7, 11) is 1.63. The molecule has 2 aliphatic rings. The zero-order chi connectivity index (χ0) is 23.5. The van der Waals surface area contributed by atoms with Crippen LogP contribution < -0.4 is 19.1 Å². The molecule has 0 radical (unpaired) electrons. The highest BCUT2D eigenvalue weighted by molar-refractivity contribution is 7.09. The molecule has 1 atom stereocenters. The Morgan fingerprint density at radius 2 is 1.91 bits per heavy atom. The molecule has 3 aromatic rings. The first-order valence-electron chi connectivity index (χ1n) is 11.3. The lowest BCUT2D eigenvalue weighted by molar-refractivity contribution is -0.137. The van der Waals surface area contributed by atoms with Crippen LogP contribution in [0.2, 0.25) is 0 Å². The van der Waals surface area contributed by atoms with E-state index in [-0.39, 0.29) is 18.2 Å². The number of thiophene rings is 1. The Morgan fingerprint density at radius 1 is 1.09 bits per heavy atom. The van der Waals surface area contributed by atoms with Crippen LogP contribution in [-0.4, -0.2) is 43.6 Å². The predicted molar refractivity (Wildman–Crippen MR) is 129 cm³/mol. The lowest BCUT2D eigenvalue weighted by Crippen LogP contribution is -2.36. The number of amides is 2. The zero-order valence-electron chi connectivity index (χ0n) is 18.9. The SMILES string of the molecule is COc1ccccc1CN(Cc1cccs1)C(=O)C1CC(=O)N(c2ccc3c(c2)OCCO3)C1. The molecule has 176 valence electrons. The number of nitrogens with zero attached hydrogens (tertiary/aromatic N) is 2. The lowest BCUT2D eigenvalue weighted by atomic mass is 10.1. The largest absolute Gasteiger partial charge is 0.496 e. The first-order valence-corrected chi connectivity index (χ1v) is 12.1. The van der Waals surface area contributed by atoms with Gasteiger partial charge in [-0.3, -0.25) is 9.59 Å². The highest BCUT2D eigenvalue weighted by Crippen LogP contribution is 2.36. The second-order valence-corrected chi connectivity index (χ2v) is 9.35. The molecule has 1 unspecified atom stereocenters. The fraction of sp³-hybridized carbons (Fsp3) is 0.308. The molecule has 1 fully saturated rings. The van der Waals surface area contributed by atoms with Crippen LogP contribution in [0.3, 0.4) is 0 Å². The number of benzene rings is 2. The molecule has 0 saturated carbocycles. The van der Waals surface area contributed by atoms with E-state index in [1.165, 1.54) is 0 Å². The Hall–Kier alpha value is -3.52. The summed E-state index contributed by atoms with van der Waals surface area (Å²) in [4.78, 5) is 31.2. The fourth-order valence-electron chi connectivity index (χ4n) is 4.42. The predicted octanol–water partition coefficient (Wildman–Crippen LogP) is 4.11. The van der Waals surface area contributed by atoms with Gasteiger partial charge in [-0.05, 0) is 29.6 Å². The highest BCUT2D eigenvalue weighted by Gasteiger charge is 2.38. The van der Waals surface area contributed by atoms with Gasteiger partial charge in [0.1, 0.15) is 19.0 Å². The number of hydrogen-bond acceptors (Lipinski definition) is 6. The van der Waals surface area contributed by atoms with Crippen molar-refractivity contribution in [3.63, 3.8) is 0 Å². The quantitative estimate of drug-likeness (QED) is 0.511. The number of carbonyl (C=O) groups is 2. The fourth-order valence-corrected chi connectivity index (χ4v) is 5.14. The van der Waals surface area contributed by atoms with Crippen molar-refractivity contribution in [3.8, 4) is 17.2 Å². The topological polar surface area (TPSA) is 68.3 Å². The van der Waals surface area contributed by atoms with Gasteiger partial charge in [0.25, 0.3) is 0 Å². The van der Waals surface area contributed by atoms with E-state index in [0.29, 0.717) is 44.3 Å². The zero-order valence-corrected chi connectivity index (χ0v) is 19.8. The van der Waals surface area contributed by atoms with Crippen molar-refractivity contribution in [2.24, 2.45) is 5.92 Å². The molecule has 1 aromatic heterocycles. The average Bonchev–Trinajstić information content (AvgIpc) is 3.53. The number of hydrogen-bond donors (Lipinski definition) is 0. The van der Waals surface area contributed by atoms with E-state index in [1.54, 1.807) is 23.3 Å². The second kappa shape index (κ2) is 9.77. The smallest absolute Gasteiger partial charge is 0.228 e. The Balaban J connectivity index is 1.36. The molecule has 2 aliphatic heterocycles. The monoisotopic (exact) mass is 478 g/mol. The summed E-state index contributed by atoms with van der Waals surface area (Å²) in [6, 6.07) is 17.2. The van der Waals surface area contributed by atoms with Gasteiger partial charge < -0.3 is 24.0 Å². The molecule has 8 heteroatoms. The molecule has 0 aliphatic carbocycles. The molecule has 7 nitrogen and oxygen atoms in total. The van der Waals surface area contributed by atoms with Crippen molar-refractivity contribution in [1.29, 1.82) is 0 Å². The van der Waals surface area contributed by atoms with E-state index in [1.807, 2.05) is 64.9 Å². The third kappa shape index (κ3) is 4.59. The van der Waals surface area contributed by atoms with Crippen LogP contribution in [0.4, 0.5) is 5.69 Å². The third-order valence-electron chi connectivity index (χ3n) is 6.10. The lowest BCUT2D eigenvalue weighted by Gasteiger charge is -2.26. The molecule has 0 spiro atoms. The molecule has 0 N–H and O–H groups in total. The average molecular weight is 479 g/mol. The maximum absolute atomic E-state index is 13.7. The summed E-state index contributed by atoms with van der Waals surface area (Å²) >= 11 is 1.61. The molecular weight excluding hydrogens is 452 g/mol. The van der Waals surface area contributed by atoms with Gasteiger partial charge in [0.05, 0.1) is 19.6 Å². The maximum atomic E-state index is 13.7. The number of ether oxygens (including phenoxy) is 3. The van der Waals surface area contributed by atoms with Crippen LogP contribution >= 0.6 is 11.3 Å². The molecule has 34 heavy (non-hydrogen) atoms. The van der Waals surface area contributed by atoms with Gasteiger partial charge in [0.15, 0.2) is 11.5 Å². The Kier molecular flexibility index (Phi) is 6.40. The van der Waals surface area contributed by atoms with Gasteiger partial charge in [-0.25, -0.2) is 0 Å². The minimum Gasteiger partial charge on any atom is -0.496 e. The normalized spacial score (nSPS) is 17.0. The Bertz CT molecular complexity index is 1180. The highest BCUT2D eigenvalue weighted by atomic mass is 32.1. The number of rotatable bonds is 7. The van der Waals surface area contributed by atoms with Crippen molar-refractivity contribution < 1.29 is 23.8 Å². The van der Waals surface area contributed by atoms with Crippen molar-refractivity contribution in [2.75, 3.05) is 31.8 Å². The standard InChI is InChI=1S/C26H26N2O5S/c1-31-22-7-3-2-5-18(22)15-27(17-21-6-4-12-34-21)26(30)19-13-25(29)28(16-19)20-8-9-23-24(14-20)33-11-10-32-23/h2-9,12,14,19H,10-11,13,15-17H2,1H3. The van der Waals surface area contributed by atoms with Gasteiger partial charge in [0.2, 0.25) is 11.8 Å². The number of carbonyl (C=O) groups excluding carboxylic acids is 2. The van der Waals surface area contributed by atoms with E-state index in [2.05, 4.69) is 0 Å². The first-order chi connectivity index (χ1) is 16.6.